The highest BCUT2D eigenvalue weighted by Crippen LogP contribution is 2.36. The van der Waals surface area contributed by atoms with Crippen molar-refractivity contribution in [3.63, 3.8) is 0 Å². The van der Waals surface area contributed by atoms with Gasteiger partial charge in [0.2, 0.25) is 11.8 Å². The normalized spacial score (nSPS) is 18.9. The zero-order chi connectivity index (χ0) is 14.5. The van der Waals surface area contributed by atoms with Crippen LogP contribution in [-0.4, -0.2) is 36.8 Å². The smallest absolute Gasteiger partial charge is 0.238 e. The summed E-state index contributed by atoms with van der Waals surface area (Å²) in [5.41, 5.74) is 0.812. The largest absolute Gasteiger partial charge is 0.383 e. The summed E-state index contributed by atoms with van der Waals surface area (Å²) in [6.07, 6.45) is 0.166. The molecule has 0 saturated heterocycles. The Morgan fingerprint density at radius 1 is 1.50 bits per heavy atom. The summed E-state index contributed by atoms with van der Waals surface area (Å²) in [6, 6.07) is 7.53. The second-order valence-electron chi connectivity index (χ2n) is 4.72. The summed E-state index contributed by atoms with van der Waals surface area (Å²) in [4.78, 5) is 24.9. The summed E-state index contributed by atoms with van der Waals surface area (Å²) < 4.78 is 4.96. The zero-order valence-electron chi connectivity index (χ0n) is 11.5. The molecule has 1 aliphatic rings. The molecule has 1 aromatic rings. The van der Waals surface area contributed by atoms with Crippen molar-refractivity contribution in [2.75, 3.05) is 19.0 Å². The minimum atomic E-state index is -0.389. The van der Waals surface area contributed by atoms with Crippen LogP contribution in [0, 0.1) is 0 Å². The maximum Gasteiger partial charge on any atom is 0.238 e. The van der Waals surface area contributed by atoms with Crippen molar-refractivity contribution >= 4 is 29.3 Å². The van der Waals surface area contributed by atoms with Gasteiger partial charge in [0.25, 0.3) is 0 Å². The first-order chi connectivity index (χ1) is 9.60. The van der Waals surface area contributed by atoms with E-state index in [0.717, 1.165) is 10.6 Å². The van der Waals surface area contributed by atoms with Gasteiger partial charge in [-0.2, -0.15) is 0 Å². The highest BCUT2D eigenvalue weighted by atomic mass is 32.2. The molecule has 20 heavy (non-hydrogen) atoms. The summed E-state index contributed by atoms with van der Waals surface area (Å²) in [5, 5.41) is 5.26. The summed E-state index contributed by atoms with van der Waals surface area (Å²) in [7, 11) is 1.59. The fourth-order valence-corrected chi connectivity index (χ4v) is 3.13. The van der Waals surface area contributed by atoms with Crippen molar-refractivity contribution in [2.45, 2.75) is 29.5 Å². The van der Waals surface area contributed by atoms with Crippen molar-refractivity contribution in [2.24, 2.45) is 0 Å². The van der Waals surface area contributed by atoms with E-state index in [2.05, 4.69) is 10.6 Å². The Hall–Kier alpha value is -1.53. The van der Waals surface area contributed by atoms with Crippen LogP contribution in [0.3, 0.4) is 0 Å². The third kappa shape index (κ3) is 3.74. The molecule has 0 aliphatic carbocycles. The Morgan fingerprint density at radius 2 is 2.25 bits per heavy atom. The molecular weight excluding hydrogens is 276 g/mol. The minimum absolute atomic E-state index is 0.0589. The molecule has 1 aliphatic heterocycles. The topological polar surface area (TPSA) is 67.4 Å². The zero-order valence-corrected chi connectivity index (χ0v) is 12.3. The third-order valence-corrected chi connectivity index (χ3v) is 4.18. The molecule has 2 amide bonds. The number of carbonyl (C=O) groups excluding carboxylic acids is 2. The van der Waals surface area contributed by atoms with Gasteiger partial charge in [0.1, 0.15) is 0 Å². The molecule has 6 heteroatoms. The van der Waals surface area contributed by atoms with Crippen LogP contribution in [0.25, 0.3) is 0 Å². The number of carbonyl (C=O) groups is 2. The summed E-state index contributed by atoms with van der Waals surface area (Å²) in [5.74, 6) is -0.259. The van der Waals surface area contributed by atoms with E-state index < -0.39 is 0 Å². The van der Waals surface area contributed by atoms with E-state index >= 15 is 0 Å². The number of hydrogen-bond acceptors (Lipinski definition) is 4. The number of benzene rings is 1. The van der Waals surface area contributed by atoms with Crippen LogP contribution in [0.4, 0.5) is 5.69 Å². The van der Waals surface area contributed by atoms with Gasteiger partial charge in [-0.15, -0.1) is 11.8 Å². The highest BCUT2D eigenvalue weighted by Gasteiger charge is 2.28. The summed E-state index contributed by atoms with van der Waals surface area (Å²) >= 11 is 1.43. The standard InChI is InChI=1S/C14H18N2O3S/c1-9(8-19-2)15-13(17)7-12-14(18)16-10-5-3-4-6-11(10)20-12/h3-6,9,12H,7-8H2,1-2H3,(H,15,17)(H,16,18)/t9-,12+/m0/s1. The Bertz CT molecular complexity index is 507. The Balaban J connectivity index is 1.94. The first-order valence-electron chi connectivity index (χ1n) is 6.45. The van der Waals surface area contributed by atoms with Gasteiger partial charge < -0.3 is 15.4 Å². The fraction of sp³-hybridized carbons (Fsp3) is 0.429. The van der Waals surface area contributed by atoms with Crippen LogP contribution in [0.15, 0.2) is 29.2 Å². The van der Waals surface area contributed by atoms with Gasteiger partial charge in [-0.05, 0) is 19.1 Å². The van der Waals surface area contributed by atoms with E-state index in [0.29, 0.717) is 6.61 Å². The molecule has 0 saturated carbocycles. The SMILES string of the molecule is COC[C@H](C)NC(=O)C[C@H]1Sc2ccccc2NC1=O. The lowest BCUT2D eigenvalue weighted by atomic mass is 10.2. The maximum absolute atomic E-state index is 12.0. The molecule has 1 heterocycles. The van der Waals surface area contributed by atoms with Crippen molar-refractivity contribution < 1.29 is 14.3 Å². The molecule has 0 radical (unpaired) electrons. The molecule has 108 valence electrons. The van der Waals surface area contributed by atoms with Gasteiger partial charge >= 0.3 is 0 Å². The van der Waals surface area contributed by atoms with Crippen LogP contribution in [0.1, 0.15) is 13.3 Å². The number of amides is 2. The van der Waals surface area contributed by atoms with E-state index in [-0.39, 0.29) is 29.5 Å². The van der Waals surface area contributed by atoms with Crippen LogP contribution in [0.5, 0.6) is 0 Å². The number of ether oxygens (including phenoxy) is 1. The van der Waals surface area contributed by atoms with Gasteiger partial charge in [0.05, 0.1) is 17.5 Å². The summed E-state index contributed by atoms with van der Waals surface area (Å²) in [6.45, 7) is 2.32. The Morgan fingerprint density at radius 3 is 3.00 bits per heavy atom. The number of anilines is 1. The molecule has 0 spiro atoms. The van der Waals surface area contributed by atoms with Crippen LogP contribution < -0.4 is 10.6 Å². The Kier molecular flexibility index (Phi) is 5.03. The van der Waals surface area contributed by atoms with Gasteiger partial charge in [0, 0.05) is 24.5 Å². The lowest BCUT2D eigenvalue weighted by Gasteiger charge is -2.24. The van der Waals surface area contributed by atoms with E-state index in [1.165, 1.54) is 11.8 Å². The predicted octanol–water partition coefficient (Wildman–Crippen LogP) is 1.64. The molecule has 0 unspecified atom stereocenters. The quantitative estimate of drug-likeness (QED) is 0.866. The predicted molar refractivity (Wildman–Crippen MR) is 78.8 cm³/mol. The molecule has 0 aromatic heterocycles. The van der Waals surface area contributed by atoms with Crippen molar-refractivity contribution in [1.82, 2.24) is 5.32 Å². The van der Waals surface area contributed by atoms with Crippen molar-refractivity contribution in [3.05, 3.63) is 24.3 Å². The molecule has 5 nitrogen and oxygen atoms in total. The minimum Gasteiger partial charge on any atom is -0.383 e. The van der Waals surface area contributed by atoms with Gasteiger partial charge in [0.15, 0.2) is 0 Å². The number of nitrogens with one attached hydrogen (secondary N) is 2. The first-order valence-corrected chi connectivity index (χ1v) is 7.33. The highest BCUT2D eigenvalue weighted by molar-refractivity contribution is 8.01. The molecule has 2 rings (SSSR count). The van der Waals surface area contributed by atoms with E-state index in [1.54, 1.807) is 7.11 Å². The van der Waals surface area contributed by atoms with E-state index in [4.69, 9.17) is 4.74 Å². The molecule has 2 atom stereocenters. The number of rotatable bonds is 5. The van der Waals surface area contributed by atoms with Crippen LogP contribution >= 0.6 is 11.8 Å². The number of methoxy groups -OCH3 is 1. The second-order valence-corrected chi connectivity index (χ2v) is 5.96. The Labute approximate surface area is 122 Å². The van der Waals surface area contributed by atoms with Gasteiger partial charge in [-0.25, -0.2) is 0 Å². The third-order valence-electron chi connectivity index (χ3n) is 2.90. The molecule has 1 aromatic carbocycles. The number of thioether (sulfide) groups is 1. The number of hydrogen-bond donors (Lipinski definition) is 2. The fourth-order valence-electron chi connectivity index (χ4n) is 2.02. The monoisotopic (exact) mass is 294 g/mol. The average molecular weight is 294 g/mol. The maximum atomic E-state index is 12.0. The number of fused-ring (bicyclic) bond motifs is 1. The molecule has 0 fully saturated rings. The first kappa shape index (κ1) is 14.9. The molecule has 2 N–H and O–H groups in total. The van der Waals surface area contributed by atoms with Gasteiger partial charge in [-0.3, -0.25) is 9.59 Å². The van der Waals surface area contributed by atoms with E-state index in [9.17, 15) is 9.59 Å². The van der Waals surface area contributed by atoms with Crippen molar-refractivity contribution in [3.8, 4) is 0 Å². The lowest BCUT2D eigenvalue weighted by Crippen LogP contribution is -2.39. The van der Waals surface area contributed by atoms with Gasteiger partial charge in [-0.1, -0.05) is 12.1 Å². The van der Waals surface area contributed by atoms with E-state index in [1.807, 2.05) is 31.2 Å². The number of para-hydroxylation sites is 1. The van der Waals surface area contributed by atoms with Crippen LogP contribution in [0.2, 0.25) is 0 Å². The second kappa shape index (κ2) is 6.76. The van der Waals surface area contributed by atoms with Crippen LogP contribution in [-0.2, 0) is 14.3 Å². The van der Waals surface area contributed by atoms with Crippen molar-refractivity contribution in [1.29, 1.82) is 0 Å². The lowest BCUT2D eigenvalue weighted by molar-refractivity contribution is -0.124. The molecular formula is C14H18N2O3S. The average Bonchev–Trinajstić information content (AvgIpc) is 2.39. The molecule has 0 bridgehead atoms.